The number of rotatable bonds is 9. The van der Waals surface area contributed by atoms with E-state index in [9.17, 15) is 23.1 Å². The molecule has 1 aliphatic rings. The zero-order valence-electron chi connectivity index (χ0n) is 24.4. The van der Waals surface area contributed by atoms with Crippen LogP contribution >= 0.6 is 11.6 Å². The van der Waals surface area contributed by atoms with E-state index < -0.39 is 45.0 Å². The lowest BCUT2D eigenvalue weighted by Gasteiger charge is -2.33. The van der Waals surface area contributed by atoms with Crippen molar-refractivity contribution >= 4 is 55.6 Å². The number of nitrogens with zero attached hydrogens (tertiary/aromatic N) is 2. The number of nitrogen functional groups attached to an aromatic ring is 1. The molecular weight excluding hydrogens is 604 g/mol. The van der Waals surface area contributed by atoms with Crippen molar-refractivity contribution in [3.63, 3.8) is 0 Å². The van der Waals surface area contributed by atoms with Gasteiger partial charge in [-0.1, -0.05) is 35.9 Å². The van der Waals surface area contributed by atoms with Crippen LogP contribution in [0.2, 0.25) is 5.02 Å². The van der Waals surface area contributed by atoms with Crippen LogP contribution in [0, 0.1) is 5.92 Å². The van der Waals surface area contributed by atoms with Crippen LogP contribution in [0.4, 0.5) is 11.5 Å². The molecule has 0 bridgehead atoms. The van der Waals surface area contributed by atoms with Gasteiger partial charge in [-0.2, -0.15) is 0 Å². The highest BCUT2D eigenvalue weighted by Gasteiger charge is 2.46. The number of carboxylic acid groups (broad SMARTS) is 1. The van der Waals surface area contributed by atoms with Gasteiger partial charge in [0, 0.05) is 23.8 Å². The number of benzene rings is 3. The molecule has 12 heteroatoms. The maximum absolute atomic E-state index is 14.6. The summed E-state index contributed by atoms with van der Waals surface area (Å²) >= 11 is 6.31. The van der Waals surface area contributed by atoms with E-state index in [0.717, 1.165) is 10.8 Å². The molecule has 0 radical (unpaired) electrons. The number of aromatic nitrogens is 1. The van der Waals surface area contributed by atoms with Gasteiger partial charge < -0.3 is 25.8 Å². The third kappa shape index (κ3) is 5.77. The van der Waals surface area contributed by atoms with E-state index in [2.05, 4.69) is 10.3 Å². The zero-order chi connectivity index (χ0) is 31.8. The molecule has 4 N–H and O–H groups in total. The Labute approximate surface area is 260 Å². The van der Waals surface area contributed by atoms with Crippen LogP contribution in [0.15, 0.2) is 77.8 Å². The molecule has 4 aromatic rings. The molecule has 2 heterocycles. The topological polar surface area (TPSA) is 152 Å². The number of aliphatic carboxylic acids is 1. The molecule has 2 unspecified atom stereocenters. The zero-order valence-corrected chi connectivity index (χ0v) is 26.0. The van der Waals surface area contributed by atoms with Gasteiger partial charge in [-0.25, -0.2) is 13.4 Å². The monoisotopic (exact) mass is 636 g/mol. The Morgan fingerprint density at radius 2 is 1.86 bits per heavy atom. The first-order valence-corrected chi connectivity index (χ1v) is 16.0. The third-order valence-electron chi connectivity index (χ3n) is 8.02. The summed E-state index contributed by atoms with van der Waals surface area (Å²) < 4.78 is 32.2. The Morgan fingerprint density at radius 3 is 2.57 bits per heavy atom. The van der Waals surface area contributed by atoms with Gasteiger partial charge in [-0.3, -0.25) is 9.59 Å². The molecule has 3 atom stereocenters. The van der Waals surface area contributed by atoms with E-state index in [-0.39, 0.29) is 23.4 Å². The molecule has 1 aromatic heterocycles. The lowest BCUT2D eigenvalue weighted by molar-refractivity contribution is -0.143. The highest BCUT2D eigenvalue weighted by atomic mass is 35.5. The third-order valence-corrected chi connectivity index (χ3v) is 10.6. The lowest BCUT2D eigenvalue weighted by atomic mass is 9.93. The summed E-state index contributed by atoms with van der Waals surface area (Å²) in [6.07, 6.45) is 1.75. The fraction of sp³-hybridized carbons (Fsp3) is 0.281. The standard InChI is InChI=1S/C32H33ClN4O6S/c1-18(2)44(41,42)27-7-5-4-6-23(27)29-24(32(39)40)13-15-37(29)31(38)28(20-8-11-25(33)26(17-20)43-3)36-21-9-10-22-19(16-21)12-14-35-30(22)34/h4-12,14,16-18,24,28-29,36H,13,15H2,1-3H3,(H2,34,35)(H,39,40)/t24?,28-,29?/m0/s1. The lowest BCUT2D eigenvalue weighted by Crippen LogP contribution is -2.40. The van der Waals surface area contributed by atoms with Crippen molar-refractivity contribution in [2.24, 2.45) is 5.92 Å². The number of fused-ring (bicyclic) bond motifs is 1. The van der Waals surface area contributed by atoms with Gasteiger partial charge in [-0.05, 0) is 79.2 Å². The van der Waals surface area contributed by atoms with E-state index >= 15 is 0 Å². The molecule has 5 rings (SSSR count). The minimum absolute atomic E-state index is 0.0179. The first-order chi connectivity index (χ1) is 20.9. The normalized spacial score (nSPS) is 17.5. The van der Waals surface area contributed by atoms with E-state index in [1.54, 1.807) is 74.6 Å². The number of pyridine rings is 1. The van der Waals surface area contributed by atoms with Gasteiger partial charge in [0.25, 0.3) is 0 Å². The van der Waals surface area contributed by atoms with Gasteiger partial charge >= 0.3 is 5.97 Å². The van der Waals surface area contributed by atoms with Gasteiger partial charge in [0.15, 0.2) is 9.84 Å². The van der Waals surface area contributed by atoms with Crippen LogP contribution in [0.5, 0.6) is 5.75 Å². The number of anilines is 2. The van der Waals surface area contributed by atoms with Gasteiger partial charge in [0.2, 0.25) is 5.91 Å². The first kappa shape index (κ1) is 31.1. The second-order valence-electron chi connectivity index (χ2n) is 10.9. The Balaban J connectivity index is 1.63. The van der Waals surface area contributed by atoms with Crippen molar-refractivity contribution in [2.45, 2.75) is 42.5 Å². The number of ether oxygens (including phenoxy) is 1. The van der Waals surface area contributed by atoms with Crippen molar-refractivity contribution in [3.8, 4) is 5.75 Å². The summed E-state index contributed by atoms with van der Waals surface area (Å²) in [5.41, 5.74) is 7.43. The minimum atomic E-state index is -3.80. The molecule has 1 aliphatic heterocycles. The highest BCUT2D eigenvalue weighted by Crippen LogP contribution is 2.43. The second-order valence-corrected chi connectivity index (χ2v) is 13.8. The predicted molar refractivity (Wildman–Crippen MR) is 169 cm³/mol. The van der Waals surface area contributed by atoms with Crippen LogP contribution in [0.3, 0.4) is 0 Å². The summed E-state index contributed by atoms with van der Waals surface area (Å²) in [5, 5.41) is 14.7. The van der Waals surface area contributed by atoms with E-state index in [1.165, 1.54) is 18.1 Å². The van der Waals surface area contributed by atoms with Gasteiger partial charge in [0.05, 0.1) is 34.2 Å². The number of carboxylic acids is 1. The molecule has 0 saturated carbocycles. The molecule has 44 heavy (non-hydrogen) atoms. The van der Waals surface area contributed by atoms with Crippen molar-refractivity contribution in [1.29, 1.82) is 0 Å². The largest absolute Gasteiger partial charge is 0.495 e. The van der Waals surface area contributed by atoms with Crippen LogP contribution < -0.4 is 15.8 Å². The number of carbonyl (C=O) groups is 2. The number of methoxy groups -OCH3 is 1. The van der Waals surface area contributed by atoms with Crippen molar-refractivity contribution in [1.82, 2.24) is 9.88 Å². The number of likely N-dealkylation sites (tertiary alicyclic amines) is 1. The Morgan fingerprint density at radius 1 is 1.11 bits per heavy atom. The Hall–Kier alpha value is -4.35. The highest BCUT2D eigenvalue weighted by molar-refractivity contribution is 7.92. The molecule has 0 spiro atoms. The summed E-state index contributed by atoms with van der Waals surface area (Å²) in [6.45, 7) is 3.25. The van der Waals surface area contributed by atoms with Crippen molar-refractivity contribution < 1.29 is 27.9 Å². The van der Waals surface area contributed by atoms with Crippen molar-refractivity contribution in [2.75, 3.05) is 24.7 Å². The predicted octanol–water partition coefficient (Wildman–Crippen LogP) is 5.49. The number of amides is 1. The van der Waals surface area contributed by atoms with E-state index in [1.807, 2.05) is 6.07 Å². The van der Waals surface area contributed by atoms with Crippen molar-refractivity contribution in [3.05, 3.63) is 89.1 Å². The summed E-state index contributed by atoms with van der Waals surface area (Å²) in [4.78, 5) is 32.7. The summed E-state index contributed by atoms with van der Waals surface area (Å²) in [5.74, 6) is -1.83. The molecule has 1 fully saturated rings. The number of halogens is 1. The molecule has 230 valence electrons. The quantitative estimate of drug-likeness (QED) is 0.217. The summed E-state index contributed by atoms with van der Waals surface area (Å²) in [7, 11) is -2.33. The average Bonchev–Trinajstić information content (AvgIpc) is 3.45. The molecule has 10 nitrogen and oxygen atoms in total. The molecule has 3 aromatic carbocycles. The van der Waals surface area contributed by atoms with Crippen LogP contribution in [0.1, 0.15) is 43.5 Å². The molecule has 1 amide bonds. The molecular formula is C32H33ClN4O6S. The second kappa shape index (κ2) is 12.3. The number of sulfone groups is 1. The summed E-state index contributed by atoms with van der Waals surface area (Å²) in [6, 6.07) is 16.5. The van der Waals surface area contributed by atoms with Gasteiger partial charge in [0.1, 0.15) is 17.6 Å². The number of carbonyl (C=O) groups excluding carboxylic acids is 1. The van der Waals surface area contributed by atoms with E-state index in [0.29, 0.717) is 27.8 Å². The molecule has 1 saturated heterocycles. The number of nitrogens with two attached hydrogens (primary N) is 1. The first-order valence-electron chi connectivity index (χ1n) is 14.0. The maximum Gasteiger partial charge on any atom is 0.309 e. The molecule has 0 aliphatic carbocycles. The van der Waals surface area contributed by atoms with Crippen LogP contribution in [-0.2, 0) is 19.4 Å². The number of hydrogen-bond donors (Lipinski definition) is 3. The SMILES string of the molecule is COc1cc([C@H](Nc2ccc3c(N)nccc3c2)C(=O)N2CCC(C(=O)O)C2c2ccccc2S(=O)(=O)C(C)C)ccc1Cl. The van der Waals surface area contributed by atoms with E-state index in [4.69, 9.17) is 22.1 Å². The maximum atomic E-state index is 14.6. The number of nitrogens with one attached hydrogen (secondary N) is 1. The fourth-order valence-corrected chi connectivity index (χ4v) is 7.18. The fourth-order valence-electron chi connectivity index (χ4n) is 5.69. The smallest absolute Gasteiger partial charge is 0.309 e. The average molecular weight is 637 g/mol. The van der Waals surface area contributed by atoms with Crippen LogP contribution in [-0.4, -0.2) is 54.2 Å². The Bertz CT molecular complexity index is 1850. The minimum Gasteiger partial charge on any atom is -0.495 e. The number of hydrogen-bond acceptors (Lipinski definition) is 8. The van der Waals surface area contributed by atoms with Crippen LogP contribution in [0.25, 0.3) is 10.8 Å². The van der Waals surface area contributed by atoms with Gasteiger partial charge in [-0.15, -0.1) is 0 Å². The Kier molecular flexibility index (Phi) is 8.71.